The molecule has 0 aliphatic rings. The van der Waals surface area contributed by atoms with Crippen molar-refractivity contribution in [1.82, 2.24) is 15.0 Å². The van der Waals surface area contributed by atoms with Gasteiger partial charge in [-0.3, -0.25) is 0 Å². The molecule has 270 valence electrons. The van der Waals surface area contributed by atoms with Gasteiger partial charge in [-0.15, -0.1) is 0 Å². The van der Waals surface area contributed by atoms with Crippen molar-refractivity contribution in [2.45, 2.75) is 0 Å². The molecule has 0 spiro atoms. The van der Waals surface area contributed by atoms with Gasteiger partial charge >= 0.3 is 0 Å². The van der Waals surface area contributed by atoms with Crippen LogP contribution in [-0.4, -0.2) is 15.0 Å². The lowest BCUT2D eigenvalue weighted by molar-refractivity contribution is 0.669. The predicted octanol–water partition coefficient (Wildman–Crippen LogP) is 14.3. The Balaban J connectivity index is 1.11. The molecule has 0 amide bonds. The molecule has 3 heterocycles. The molecule has 0 saturated carbocycles. The van der Waals surface area contributed by atoms with Crippen LogP contribution in [0.25, 0.3) is 122 Å². The Morgan fingerprint density at radius 1 is 0.293 bits per heavy atom. The average molecular weight is 742 g/mol. The maximum Gasteiger partial charge on any atom is 0.164 e. The van der Waals surface area contributed by atoms with Crippen molar-refractivity contribution in [2.24, 2.45) is 0 Å². The van der Waals surface area contributed by atoms with Crippen molar-refractivity contribution in [3.63, 3.8) is 0 Å². The fraction of sp³-hybridized carbons (Fsp3) is 0. The summed E-state index contributed by atoms with van der Waals surface area (Å²) in [6.45, 7) is 0. The third-order valence-corrected chi connectivity index (χ3v) is 11.3. The SMILES string of the molecule is c1ccc(-c2ccc3cc(-c4nc(-c5cc6c7cccc(-c8ccccc8)c7oc6c6ccccc56)nc(-c5cccc6oc7ccccc7c56)n4)ccc3c2)cc1. The summed E-state index contributed by atoms with van der Waals surface area (Å²) in [5.41, 5.74) is 10.5. The van der Waals surface area contributed by atoms with Gasteiger partial charge in [0.1, 0.15) is 22.3 Å². The summed E-state index contributed by atoms with van der Waals surface area (Å²) in [6, 6.07) is 65.1. The molecule has 12 rings (SSSR count). The lowest BCUT2D eigenvalue weighted by Crippen LogP contribution is -2.01. The van der Waals surface area contributed by atoms with Gasteiger partial charge in [-0.05, 0) is 63.2 Å². The van der Waals surface area contributed by atoms with E-state index in [1.165, 1.54) is 11.1 Å². The molecule has 0 bridgehead atoms. The number of aromatic nitrogens is 3. The second-order valence-electron chi connectivity index (χ2n) is 14.7. The molecule has 0 N–H and O–H groups in total. The minimum Gasteiger partial charge on any atom is -0.456 e. The number of hydrogen-bond donors (Lipinski definition) is 0. The molecule has 12 aromatic rings. The van der Waals surface area contributed by atoms with Crippen LogP contribution in [-0.2, 0) is 0 Å². The summed E-state index contributed by atoms with van der Waals surface area (Å²) in [5.74, 6) is 1.74. The molecule has 9 aromatic carbocycles. The van der Waals surface area contributed by atoms with Crippen molar-refractivity contribution < 1.29 is 8.83 Å². The highest BCUT2D eigenvalue weighted by Gasteiger charge is 2.22. The van der Waals surface area contributed by atoms with E-state index < -0.39 is 0 Å². The van der Waals surface area contributed by atoms with Crippen LogP contribution in [0.2, 0.25) is 0 Å². The fourth-order valence-corrected chi connectivity index (χ4v) is 8.55. The van der Waals surface area contributed by atoms with Gasteiger partial charge in [-0.1, -0.05) is 158 Å². The Morgan fingerprint density at radius 2 is 0.862 bits per heavy atom. The van der Waals surface area contributed by atoms with E-state index in [1.54, 1.807) is 0 Å². The molecule has 3 aromatic heterocycles. The highest BCUT2D eigenvalue weighted by Crippen LogP contribution is 2.43. The average Bonchev–Trinajstić information content (AvgIpc) is 3.88. The molecule has 5 heteroatoms. The van der Waals surface area contributed by atoms with Crippen LogP contribution in [0.15, 0.2) is 197 Å². The normalized spacial score (nSPS) is 11.8. The number of fused-ring (bicyclic) bond motifs is 9. The lowest BCUT2D eigenvalue weighted by atomic mass is 9.98. The van der Waals surface area contributed by atoms with Gasteiger partial charge in [0.25, 0.3) is 0 Å². The second kappa shape index (κ2) is 12.8. The second-order valence-corrected chi connectivity index (χ2v) is 14.7. The zero-order chi connectivity index (χ0) is 38.2. The Labute approximate surface area is 332 Å². The summed E-state index contributed by atoms with van der Waals surface area (Å²) in [6.07, 6.45) is 0. The van der Waals surface area contributed by atoms with E-state index in [-0.39, 0.29) is 0 Å². The number of hydrogen-bond acceptors (Lipinski definition) is 5. The molecule has 5 nitrogen and oxygen atoms in total. The standard InChI is InChI=1S/C53H31N3O2/c1-3-13-32(14-4-1)34-25-26-36-30-37(28-27-35(36)29-34)51-54-52(43-22-12-24-47-48(43)42-19-9-10-23-46(42)57-47)56-53(55-51)45-31-44-41-21-11-20-38(33-15-5-2-6-16-33)49(41)58-50(44)40-18-8-7-17-39(40)45/h1-31H. The zero-order valence-corrected chi connectivity index (χ0v) is 31.1. The number of benzene rings is 9. The fourth-order valence-electron chi connectivity index (χ4n) is 8.55. The highest BCUT2D eigenvalue weighted by atomic mass is 16.3. The summed E-state index contributed by atoms with van der Waals surface area (Å²) >= 11 is 0. The van der Waals surface area contributed by atoms with Gasteiger partial charge in [-0.25, -0.2) is 15.0 Å². The molecule has 0 aliphatic carbocycles. The van der Waals surface area contributed by atoms with Crippen LogP contribution in [0.3, 0.4) is 0 Å². The summed E-state index contributed by atoms with van der Waals surface area (Å²) in [5, 5.41) is 8.28. The summed E-state index contributed by atoms with van der Waals surface area (Å²) in [7, 11) is 0. The van der Waals surface area contributed by atoms with E-state index in [0.717, 1.165) is 93.2 Å². The Morgan fingerprint density at radius 3 is 1.67 bits per heavy atom. The van der Waals surface area contributed by atoms with Gasteiger partial charge in [0.15, 0.2) is 17.5 Å². The van der Waals surface area contributed by atoms with Crippen LogP contribution >= 0.6 is 0 Å². The van der Waals surface area contributed by atoms with Gasteiger partial charge < -0.3 is 8.83 Å². The molecular formula is C53H31N3O2. The van der Waals surface area contributed by atoms with Crippen LogP contribution in [0.4, 0.5) is 0 Å². The molecule has 0 atom stereocenters. The molecule has 0 aliphatic heterocycles. The van der Waals surface area contributed by atoms with E-state index in [4.69, 9.17) is 23.8 Å². The highest BCUT2D eigenvalue weighted by molar-refractivity contribution is 6.20. The van der Waals surface area contributed by atoms with Gasteiger partial charge in [0.05, 0.1) is 0 Å². The third kappa shape index (κ3) is 5.14. The smallest absolute Gasteiger partial charge is 0.164 e. The summed E-state index contributed by atoms with van der Waals surface area (Å²) in [4.78, 5) is 15.9. The van der Waals surface area contributed by atoms with Crippen molar-refractivity contribution in [3.8, 4) is 56.4 Å². The largest absolute Gasteiger partial charge is 0.456 e. The van der Waals surface area contributed by atoms with Gasteiger partial charge in [0.2, 0.25) is 0 Å². The van der Waals surface area contributed by atoms with Crippen LogP contribution in [0, 0.1) is 0 Å². The molecule has 0 radical (unpaired) electrons. The van der Waals surface area contributed by atoms with E-state index >= 15 is 0 Å². The Bertz CT molecular complexity index is 3570. The minimum atomic E-state index is 0.573. The number of furan rings is 2. The van der Waals surface area contributed by atoms with Crippen molar-refractivity contribution >= 4 is 65.4 Å². The molecule has 0 fully saturated rings. The van der Waals surface area contributed by atoms with Crippen LogP contribution < -0.4 is 0 Å². The topological polar surface area (TPSA) is 65.0 Å². The Kier molecular flexibility index (Phi) is 7.16. The predicted molar refractivity (Wildman–Crippen MR) is 237 cm³/mol. The van der Waals surface area contributed by atoms with Crippen LogP contribution in [0.5, 0.6) is 0 Å². The molecule has 0 saturated heterocycles. The molecule has 58 heavy (non-hydrogen) atoms. The first-order chi connectivity index (χ1) is 28.7. The van der Waals surface area contributed by atoms with E-state index in [2.05, 4.69) is 146 Å². The number of rotatable bonds is 5. The number of nitrogens with zero attached hydrogens (tertiary/aromatic N) is 3. The van der Waals surface area contributed by atoms with Crippen molar-refractivity contribution in [3.05, 3.63) is 188 Å². The van der Waals surface area contributed by atoms with Crippen molar-refractivity contribution in [1.29, 1.82) is 0 Å². The Hall–Kier alpha value is -7.89. The van der Waals surface area contributed by atoms with E-state index in [1.807, 2.05) is 42.5 Å². The third-order valence-electron chi connectivity index (χ3n) is 11.3. The minimum absolute atomic E-state index is 0.573. The van der Waals surface area contributed by atoms with E-state index in [9.17, 15) is 0 Å². The maximum absolute atomic E-state index is 6.82. The monoisotopic (exact) mass is 741 g/mol. The van der Waals surface area contributed by atoms with Crippen LogP contribution in [0.1, 0.15) is 0 Å². The quantitative estimate of drug-likeness (QED) is 0.176. The van der Waals surface area contributed by atoms with E-state index in [0.29, 0.717) is 17.5 Å². The first kappa shape index (κ1) is 32.4. The summed E-state index contributed by atoms with van der Waals surface area (Å²) < 4.78 is 13.2. The lowest BCUT2D eigenvalue weighted by Gasteiger charge is -2.12. The number of para-hydroxylation sites is 2. The first-order valence-electron chi connectivity index (χ1n) is 19.4. The molecular weight excluding hydrogens is 711 g/mol. The molecule has 0 unspecified atom stereocenters. The van der Waals surface area contributed by atoms with Gasteiger partial charge in [0, 0.05) is 49.2 Å². The van der Waals surface area contributed by atoms with Gasteiger partial charge in [-0.2, -0.15) is 0 Å². The maximum atomic E-state index is 6.82. The zero-order valence-electron chi connectivity index (χ0n) is 31.1. The van der Waals surface area contributed by atoms with Crippen molar-refractivity contribution in [2.75, 3.05) is 0 Å². The first-order valence-corrected chi connectivity index (χ1v) is 19.4.